The predicted octanol–water partition coefficient (Wildman–Crippen LogP) is 2.98. The van der Waals surface area contributed by atoms with Gasteiger partial charge in [0.2, 0.25) is 0 Å². The fourth-order valence-corrected chi connectivity index (χ4v) is 2.69. The summed E-state index contributed by atoms with van der Waals surface area (Å²) in [5.74, 6) is 1.50. The summed E-state index contributed by atoms with van der Waals surface area (Å²) in [5, 5.41) is 4.48. The van der Waals surface area contributed by atoms with Gasteiger partial charge in [0.25, 0.3) is 0 Å². The SMILES string of the molecule is COc1ccccc1OCc1ncc(CNC2CC2)s1. The number of methoxy groups -OCH3 is 1. The van der Waals surface area contributed by atoms with Crippen LogP contribution >= 0.6 is 11.3 Å². The maximum atomic E-state index is 5.77. The number of hydrogen-bond acceptors (Lipinski definition) is 5. The van der Waals surface area contributed by atoms with Crippen LogP contribution in [-0.2, 0) is 13.2 Å². The highest BCUT2D eigenvalue weighted by Crippen LogP contribution is 2.27. The fraction of sp³-hybridized carbons (Fsp3) is 0.400. The molecule has 0 amide bonds. The summed E-state index contributed by atoms with van der Waals surface area (Å²) in [5.41, 5.74) is 0. The van der Waals surface area contributed by atoms with E-state index in [2.05, 4.69) is 10.3 Å². The quantitative estimate of drug-likeness (QED) is 0.851. The van der Waals surface area contributed by atoms with Crippen LogP contribution in [0, 0.1) is 0 Å². The van der Waals surface area contributed by atoms with Crippen LogP contribution in [0.3, 0.4) is 0 Å². The van der Waals surface area contributed by atoms with Crippen molar-refractivity contribution in [1.82, 2.24) is 10.3 Å². The molecule has 4 nitrogen and oxygen atoms in total. The van der Waals surface area contributed by atoms with E-state index in [-0.39, 0.29) is 0 Å². The molecule has 1 aliphatic rings. The Morgan fingerprint density at radius 1 is 1.30 bits per heavy atom. The van der Waals surface area contributed by atoms with Crippen LogP contribution in [0.5, 0.6) is 11.5 Å². The Bertz CT molecular complexity index is 567. The molecule has 0 spiro atoms. The molecule has 1 N–H and O–H groups in total. The second kappa shape index (κ2) is 6.24. The highest BCUT2D eigenvalue weighted by molar-refractivity contribution is 7.11. The van der Waals surface area contributed by atoms with E-state index < -0.39 is 0 Å². The summed E-state index contributed by atoms with van der Waals surface area (Å²) in [6.07, 6.45) is 4.55. The molecule has 1 saturated carbocycles. The monoisotopic (exact) mass is 290 g/mol. The average molecular weight is 290 g/mol. The molecule has 1 aromatic carbocycles. The highest BCUT2D eigenvalue weighted by Gasteiger charge is 2.20. The van der Waals surface area contributed by atoms with Gasteiger partial charge in [-0.05, 0) is 25.0 Å². The van der Waals surface area contributed by atoms with Gasteiger partial charge in [0.15, 0.2) is 11.5 Å². The molecular weight excluding hydrogens is 272 g/mol. The molecule has 20 heavy (non-hydrogen) atoms. The van der Waals surface area contributed by atoms with E-state index in [1.807, 2.05) is 30.5 Å². The van der Waals surface area contributed by atoms with Crippen LogP contribution in [-0.4, -0.2) is 18.1 Å². The van der Waals surface area contributed by atoms with Gasteiger partial charge in [0.05, 0.1) is 7.11 Å². The van der Waals surface area contributed by atoms with Crippen LogP contribution in [0.4, 0.5) is 0 Å². The van der Waals surface area contributed by atoms with Crippen molar-refractivity contribution in [3.05, 3.63) is 40.3 Å². The number of rotatable bonds is 7. The summed E-state index contributed by atoms with van der Waals surface area (Å²) < 4.78 is 11.0. The van der Waals surface area contributed by atoms with Crippen molar-refractivity contribution in [2.24, 2.45) is 0 Å². The normalized spacial score (nSPS) is 14.2. The number of aromatic nitrogens is 1. The highest BCUT2D eigenvalue weighted by atomic mass is 32.1. The Hall–Kier alpha value is -1.59. The maximum Gasteiger partial charge on any atom is 0.161 e. The zero-order valence-electron chi connectivity index (χ0n) is 11.5. The Labute approximate surface area is 122 Å². The second-order valence-electron chi connectivity index (χ2n) is 4.82. The molecule has 1 aliphatic carbocycles. The molecule has 0 saturated heterocycles. The minimum absolute atomic E-state index is 0.481. The lowest BCUT2D eigenvalue weighted by molar-refractivity contribution is 0.284. The summed E-state index contributed by atoms with van der Waals surface area (Å²) in [4.78, 5) is 5.66. The molecule has 1 heterocycles. The zero-order chi connectivity index (χ0) is 13.8. The molecule has 106 valence electrons. The smallest absolute Gasteiger partial charge is 0.161 e. The first-order valence-electron chi connectivity index (χ1n) is 6.78. The van der Waals surface area contributed by atoms with Crippen molar-refractivity contribution in [2.75, 3.05) is 7.11 Å². The van der Waals surface area contributed by atoms with Gasteiger partial charge in [-0.15, -0.1) is 11.3 Å². The van der Waals surface area contributed by atoms with Gasteiger partial charge in [-0.25, -0.2) is 4.98 Å². The molecule has 0 bridgehead atoms. The summed E-state index contributed by atoms with van der Waals surface area (Å²) in [6.45, 7) is 1.39. The molecule has 1 fully saturated rings. The number of para-hydroxylation sites is 2. The van der Waals surface area contributed by atoms with Crippen molar-refractivity contribution < 1.29 is 9.47 Å². The van der Waals surface area contributed by atoms with Gasteiger partial charge in [-0.1, -0.05) is 12.1 Å². The molecule has 0 atom stereocenters. The summed E-state index contributed by atoms with van der Waals surface area (Å²) in [7, 11) is 1.65. The number of thiazole rings is 1. The van der Waals surface area contributed by atoms with Gasteiger partial charge >= 0.3 is 0 Å². The number of benzene rings is 1. The topological polar surface area (TPSA) is 43.4 Å². The first-order valence-corrected chi connectivity index (χ1v) is 7.59. The van der Waals surface area contributed by atoms with Crippen molar-refractivity contribution in [3.8, 4) is 11.5 Å². The van der Waals surface area contributed by atoms with Gasteiger partial charge in [0.1, 0.15) is 11.6 Å². The summed E-state index contributed by atoms with van der Waals surface area (Å²) in [6, 6.07) is 8.39. The molecule has 2 aromatic rings. The lowest BCUT2D eigenvalue weighted by Crippen LogP contribution is -2.14. The van der Waals surface area contributed by atoms with E-state index in [1.165, 1.54) is 17.7 Å². The maximum absolute atomic E-state index is 5.77. The average Bonchev–Trinajstić information content (AvgIpc) is 3.21. The molecule has 0 radical (unpaired) electrons. The van der Waals surface area contributed by atoms with Crippen molar-refractivity contribution in [3.63, 3.8) is 0 Å². The molecule has 1 aromatic heterocycles. The number of hydrogen-bond donors (Lipinski definition) is 1. The Balaban J connectivity index is 1.54. The van der Waals surface area contributed by atoms with Crippen molar-refractivity contribution in [1.29, 1.82) is 0 Å². The lowest BCUT2D eigenvalue weighted by atomic mass is 10.3. The van der Waals surface area contributed by atoms with E-state index >= 15 is 0 Å². The lowest BCUT2D eigenvalue weighted by Gasteiger charge is -2.08. The van der Waals surface area contributed by atoms with Gasteiger partial charge in [0, 0.05) is 23.7 Å². The van der Waals surface area contributed by atoms with Crippen molar-refractivity contribution in [2.45, 2.75) is 32.0 Å². The van der Waals surface area contributed by atoms with E-state index in [0.29, 0.717) is 6.61 Å². The Morgan fingerprint density at radius 3 is 2.85 bits per heavy atom. The zero-order valence-corrected chi connectivity index (χ0v) is 12.3. The summed E-state index contributed by atoms with van der Waals surface area (Å²) >= 11 is 1.70. The fourth-order valence-electron chi connectivity index (χ4n) is 1.91. The van der Waals surface area contributed by atoms with Crippen molar-refractivity contribution >= 4 is 11.3 Å². The first kappa shape index (κ1) is 13.4. The number of nitrogens with one attached hydrogen (secondary N) is 1. The third-order valence-electron chi connectivity index (χ3n) is 3.16. The third kappa shape index (κ3) is 3.49. The number of nitrogens with zero attached hydrogens (tertiary/aromatic N) is 1. The Morgan fingerprint density at radius 2 is 2.10 bits per heavy atom. The van der Waals surface area contributed by atoms with E-state index in [4.69, 9.17) is 9.47 Å². The van der Waals surface area contributed by atoms with Gasteiger partial charge in [-0.3, -0.25) is 0 Å². The van der Waals surface area contributed by atoms with E-state index in [0.717, 1.165) is 29.1 Å². The van der Waals surface area contributed by atoms with Crippen LogP contribution in [0.2, 0.25) is 0 Å². The molecule has 3 rings (SSSR count). The standard InChI is InChI=1S/C15H18N2O2S/c1-18-13-4-2-3-5-14(13)19-10-15-17-9-12(20-15)8-16-11-6-7-11/h2-5,9,11,16H,6-8,10H2,1H3. The Kier molecular flexibility index (Phi) is 4.18. The molecule has 0 aliphatic heterocycles. The largest absolute Gasteiger partial charge is 0.493 e. The minimum Gasteiger partial charge on any atom is -0.493 e. The third-order valence-corrected chi connectivity index (χ3v) is 4.13. The molecule has 0 unspecified atom stereocenters. The number of ether oxygens (including phenoxy) is 2. The van der Waals surface area contributed by atoms with Crippen LogP contribution in [0.1, 0.15) is 22.7 Å². The van der Waals surface area contributed by atoms with Crippen LogP contribution < -0.4 is 14.8 Å². The van der Waals surface area contributed by atoms with Crippen LogP contribution in [0.25, 0.3) is 0 Å². The minimum atomic E-state index is 0.481. The van der Waals surface area contributed by atoms with Gasteiger partial charge in [-0.2, -0.15) is 0 Å². The molecular formula is C15H18N2O2S. The second-order valence-corrected chi connectivity index (χ2v) is 6.01. The van der Waals surface area contributed by atoms with E-state index in [9.17, 15) is 0 Å². The van der Waals surface area contributed by atoms with E-state index in [1.54, 1.807) is 18.4 Å². The predicted molar refractivity (Wildman–Crippen MR) is 79.3 cm³/mol. The molecule has 5 heteroatoms. The first-order chi connectivity index (χ1) is 9.85. The van der Waals surface area contributed by atoms with Crippen LogP contribution in [0.15, 0.2) is 30.5 Å². The van der Waals surface area contributed by atoms with Gasteiger partial charge < -0.3 is 14.8 Å².